The summed E-state index contributed by atoms with van der Waals surface area (Å²) in [6.45, 7) is 2.94. The van der Waals surface area contributed by atoms with E-state index in [-0.39, 0.29) is 24.3 Å². The molecule has 2 aromatic rings. The van der Waals surface area contributed by atoms with Crippen LogP contribution in [0.4, 0.5) is 20.2 Å². The molecule has 8 heteroatoms. The molecule has 1 fully saturated rings. The van der Waals surface area contributed by atoms with E-state index in [1.807, 2.05) is 0 Å². The maximum Gasteiger partial charge on any atom is 0.312 e. The third kappa shape index (κ3) is 4.59. The SMILES string of the molecule is Cc1ccc(NC(=O)[C@H](C)OC(=O)[C@H]2CC(=O)N(c3ccccc3F)C2)cc1F. The monoisotopic (exact) mass is 402 g/mol. The Balaban J connectivity index is 1.59. The van der Waals surface area contributed by atoms with E-state index >= 15 is 0 Å². The highest BCUT2D eigenvalue weighted by molar-refractivity contribution is 6.00. The number of nitrogens with one attached hydrogen (secondary N) is 1. The van der Waals surface area contributed by atoms with E-state index in [1.54, 1.807) is 13.0 Å². The minimum atomic E-state index is -1.15. The third-order valence-corrected chi connectivity index (χ3v) is 4.70. The number of amides is 2. The predicted octanol–water partition coefficient (Wildman–Crippen LogP) is 3.20. The molecule has 1 saturated heterocycles. The second kappa shape index (κ2) is 8.38. The molecule has 0 unspecified atom stereocenters. The molecule has 2 amide bonds. The quantitative estimate of drug-likeness (QED) is 0.780. The Labute approximate surface area is 166 Å². The highest BCUT2D eigenvalue weighted by atomic mass is 19.1. The van der Waals surface area contributed by atoms with Gasteiger partial charge in [0.1, 0.15) is 11.6 Å². The van der Waals surface area contributed by atoms with Gasteiger partial charge in [-0.3, -0.25) is 14.4 Å². The van der Waals surface area contributed by atoms with Crippen LogP contribution in [-0.4, -0.2) is 30.4 Å². The van der Waals surface area contributed by atoms with Crippen LogP contribution in [0.5, 0.6) is 0 Å². The Kier molecular flexibility index (Phi) is 5.91. The van der Waals surface area contributed by atoms with Crippen LogP contribution in [-0.2, 0) is 19.1 Å². The van der Waals surface area contributed by atoms with Gasteiger partial charge in [-0.2, -0.15) is 0 Å². The first-order valence-corrected chi connectivity index (χ1v) is 9.08. The van der Waals surface area contributed by atoms with Crippen molar-refractivity contribution in [2.24, 2.45) is 5.92 Å². The van der Waals surface area contributed by atoms with Crippen molar-refractivity contribution in [1.29, 1.82) is 0 Å². The average molecular weight is 402 g/mol. The zero-order valence-corrected chi connectivity index (χ0v) is 15.9. The molecule has 1 aliphatic heterocycles. The van der Waals surface area contributed by atoms with Crippen molar-refractivity contribution in [2.45, 2.75) is 26.4 Å². The molecule has 152 valence electrons. The van der Waals surface area contributed by atoms with Gasteiger partial charge in [-0.05, 0) is 43.7 Å². The third-order valence-electron chi connectivity index (χ3n) is 4.70. The highest BCUT2D eigenvalue weighted by Gasteiger charge is 2.38. The molecule has 0 radical (unpaired) electrons. The molecule has 1 heterocycles. The highest BCUT2D eigenvalue weighted by Crippen LogP contribution is 2.28. The van der Waals surface area contributed by atoms with Crippen LogP contribution in [0.25, 0.3) is 0 Å². The van der Waals surface area contributed by atoms with E-state index in [4.69, 9.17) is 4.74 Å². The number of hydrogen-bond acceptors (Lipinski definition) is 4. The normalized spacial score (nSPS) is 17.2. The van der Waals surface area contributed by atoms with Crippen molar-refractivity contribution in [1.82, 2.24) is 0 Å². The van der Waals surface area contributed by atoms with Gasteiger partial charge >= 0.3 is 5.97 Å². The largest absolute Gasteiger partial charge is 0.452 e. The Hall–Kier alpha value is -3.29. The number of carbonyl (C=O) groups is 3. The van der Waals surface area contributed by atoms with Gasteiger partial charge in [-0.1, -0.05) is 18.2 Å². The second-order valence-electron chi connectivity index (χ2n) is 6.89. The Morgan fingerprint density at radius 3 is 2.59 bits per heavy atom. The van der Waals surface area contributed by atoms with Crippen molar-refractivity contribution >= 4 is 29.2 Å². The molecule has 1 aliphatic rings. The number of rotatable bonds is 5. The standard InChI is InChI=1S/C21H20F2N2O4/c1-12-7-8-15(10-17(12)23)24-20(27)13(2)29-21(28)14-9-19(26)25(11-14)18-6-4-3-5-16(18)22/h3-8,10,13-14H,9,11H2,1-2H3,(H,24,27)/t13-,14-/m0/s1. The van der Waals surface area contributed by atoms with E-state index < -0.39 is 41.4 Å². The fourth-order valence-corrected chi connectivity index (χ4v) is 3.01. The summed E-state index contributed by atoms with van der Waals surface area (Å²) in [6, 6.07) is 10.0. The molecule has 0 bridgehead atoms. The molecule has 0 aliphatic carbocycles. The number of esters is 1. The Bertz CT molecular complexity index is 963. The summed E-state index contributed by atoms with van der Waals surface area (Å²) >= 11 is 0. The summed E-state index contributed by atoms with van der Waals surface area (Å²) in [5.74, 6) is -3.59. The second-order valence-corrected chi connectivity index (χ2v) is 6.89. The van der Waals surface area contributed by atoms with Crippen LogP contribution in [0.15, 0.2) is 42.5 Å². The molecule has 6 nitrogen and oxygen atoms in total. The van der Waals surface area contributed by atoms with E-state index in [0.717, 1.165) is 0 Å². The predicted molar refractivity (Wildman–Crippen MR) is 102 cm³/mol. The van der Waals surface area contributed by atoms with Crippen LogP contribution < -0.4 is 10.2 Å². The maximum absolute atomic E-state index is 13.9. The van der Waals surface area contributed by atoms with Crippen molar-refractivity contribution in [3.63, 3.8) is 0 Å². The molecule has 0 aromatic heterocycles. The van der Waals surface area contributed by atoms with Gasteiger partial charge in [-0.15, -0.1) is 0 Å². The first kappa shape index (κ1) is 20.4. The van der Waals surface area contributed by atoms with Crippen molar-refractivity contribution in [2.75, 3.05) is 16.8 Å². The molecule has 0 spiro atoms. The van der Waals surface area contributed by atoms with Crippen LogP contribution in [0.1, 0.15) is 18.9 Å². The number of carbonyl (C=O) groups excluding carboxylic acids is 3. The zero-order chi connectivity index (χ0) is 21.1. The molecule has 3 rings (SSSR count). The lowest BCUT2D eigenvalue weighted by atomic mass is 10.1. The van der Waals surface area contributed by atoms with Gasteiger partial charge < -0.3 is 15.0 Å². The van der Waals surface area contributed by atoms with Crippen molar-refractivity contribution in [3.05, 3.63) is 59.7 Å². The molecule has 2 aromatic carbocycles. The lowest BCUT2D eigenvalue weighted by Crippen LogP contribution is -2.33. The van der Waals surface area contributed by atoms with Crippen LogP contribution in [0, 0.1) is 24.5 Å². The topological polar surface area (TPSA) is 75.7 Å². The summed E-state index contributed by atoms with van der Waals surface area (Å²) in [6.07, 6.45) is -1.28. The van der Waals surface area contributed by atoms with Gasteiger partial charge in [0.25, 0.3) is 5.91 Å². The first-order chi connectivity index (χ1) is 13.8. The number of anilines is 2. The van der Waals surface area contributed by atoms with Crippen LogP contribution in [0.2, 0.25) is 0 Å². The number of hydrogen-bond donors (Lipinski definition) is 1. The molecular formula is C21H20F2N2O4. The number of halogens is 2. The number of benzene rings is 2. The summed E-state index contributed by atoms with van der Waals surface area (Å²) in [7, 11) is 0. The van der Waals surface area contributed by atoms with Gasteiger partial charge in [-0.25, -0.2) is 8.78 Å². The number of para-hydroxylation sites is 1. The Morgan fingerprint density at radius 1 is 1.17 bits per heavy atom. The first-order valence-electron chi connectivity index (χ1n) is 9.08. The van der Waals surface area contributed by atoms with E-state index in [2.05, 4.69) is 5.32 Å². The molecule has 2 atom stereocenters. The minimum Gasteiger partial charge on any atom is -0.452 e. The smallest absolute Gasteiger partial charge is 0.312 e. The van der Waals surface area contributed by atoms with Crippen molar-refractivity contribution in [3.8, 4) is 0 Å². The summed E-state index contributed by atoms with van der Waals surface area (Å²) in [4.78, 5) is 38.0. The average Bonchev–Trinajstić information content (AvgIpc) is 3.06. The Morgan fingerprint density at radius 2 is 1.90 bits per heavy atom. The van der Waals surface area contributed by atoms with Crippen LogP contribution >= 0.6 is 0 Å². The number of ether oxygens (including phenoxy) is 1. The van der Waals surface area contributed by atoms with E-state index in [9.17, 15) is 23.2 Å². The van der Waals surface area contributed by atoms with Crippen molar-refractivity contribution < 1.29 is 27.9 Å². The molecule has 0 saturated carbocycles. The van der Waals surface area contributed by atoms with Gasteiger partial charge in [0.2, 0.25) is 5.91 Å². The molecule has 1 N–H and O–H groups in total. The van der Waals surface area contributed by atoms with E-state index in [0.29, 0.717) is 5.56 Å². The lowest BCUT2D eigenvalue weighted by molar-refractivity contribution is -0.157. The van der Waals surface area contributed by atoms with Gasteiger partial charge in [0, 0.05) is 18.7 Å². The maximum atomic E-state index is 13.9. The molecular weight excluding hydrogens is 382 g/mol. The fourth-order valence-electron chi connectivity index (χ4n) is 3.01. The van der Waals surface area contributed by atoms with Gasteiger partial charge in [0.15, 0.2) is 6.10 Å². The zero-order valence-electron chi connectivity index (χ0n) is 15.9. The van der Waals surface area contributed by atoms with Gasteiger partial charge in [0.05, 0.1) is 11.6 Å². The van der Waals surface area contributed by atoms with E-state index in [1.165, 1.54) is 48.2 Å². The number of aryl methyl sites for hydroxylation is 1. The lowest BCUT2D eigenvalue weighted by Gasteiger charge is -2.18. The summed E-state index contributed by atoms with van der Waals surface area (Å²) < 4.78 is 32.7. The molecule has 29 heavy (non-hydrogen) atoms. The van der Waals surface area contributed by atoms with Crippen LogP contribution in [0.3, 0.4) is 0 Å². The summed E-state index contributed by atoms with van der Waals surface area (Å²) in [5.41, 5.74) is 0.774. The minimum absolute atomic E-state index is 0.0316. The summed E-state index contributed by atoms with van der Waals surface area (Å²) in [5, 5.41) is 2.47. The fraction of sp³-hybridized carbons (Fsp3) is 0.286. The number of nitrogens with zero attached hydrogens (tertiary/aromatic N) is 1.